The third-order valence-corrected chi connectivity index (χ3v) is 5.09. The summed E-state index contributed by atoms with van der Waals surface area (Å²) in [5, 5.41) is 10.5. The Balaban J connectivity index is 1.73. The third kappa shape index (κ3) is 2.98. The monoisotopic (exact) mass is 287 g/mol. The largest absolute Gasteiger partial charge is 0.388 e. The molecule has 3 nitrogen and oxygen atoms in total. The highest BCUT2D eigenvalue weighted by molar-refractivity contribution is 5.96. The first kappa shape index (κ1) is 14.6. The number of carbonyl (C=O) groups excluding carboxylic acids is 1. The Hall–Kier alpha value is -1.35. The highest BCUT2D eigenvalue weighted by Crippen LogP contribution is 2.35. The van der Waals surface area contributed by atoms with E-state index in [-0.39, 0.29) is 18.1 Å². The van der Waals surface area contributed by atoms with Gasteiger partial charge in [-0.25, -0.2) is 0 Å². The molecule has 1 N–H and O–H groups in total. The normalized spacial score (nSPS) is 25.3. The quantitative estimate of drug-likeness (QED) is 0.918. The van der Waals surface area contributed by atoms with Gasteiger partial charge in [-0.15, -0.1) is 0 Å². The lowest BCUT2D eigenvalue weighted by molar-refractivity contribution is -0.117. The fourth-order valence-corrected chi connectivity index (χ4v) is 3.78. The molecule has 0 radical (unpaired) electrons. The van der Waals surface area contributed by atoms with Crippen LogP contribution in [0.1, 0.15) is 63.5 Å². The molecule has 1 amide bonds. The van der Waals surface area contributed by atoms with Crippen LogP contribution in [0.4, 0.5) is 5.69 Å². The number of amides is 1. The molecule has 1 saturated carbocycles. The summed E-state index contributed by atoms with van der Waals surface area (Å²) in [6.45, 7) is 2.09. The maximum atomic E-state index is 11.9. The predicted octanol–water partition coefficient (Wildman–Crippen LogP) is 3.82. The Bertz CT molecular complexity index is 490. The van der Waals surface area contributed by atoms with Crippen LogP contribution in [0.5, 0.6) is 0 Å². The summed E-state index contributed by atoms with van der Waals surface area (Å²) in [4.78, 5) is 13.8. The summed E-state index contributed by atoms with van der Waals surface area (Å²) in [5.74, 6) is 0.611. The zero-order valence-corrected chi connectivity index (χ0v) is 12.8. The highest BCUT2D eigenvalue weighted by atomic mass is 16.3. The van der Waals surface area contributed by atoms with E-state index in [0.29, 0.717) is 12.3 Å². The average Bonchev–Trinajstić information content (AvgIpc) is 2.87. The van der Waals surface area contributed by atoms with Crippen molar-refractivity contribution in [2.24, 2.45) is 5.92 Å². The van der Waals surface area contributed by atoms with Crippen molar-refractivity contribution in [3.63, 3.8) is 0 Å². The third-order valence-electron chi connectivity index (χ3n) is 5.09. The van der Waals surface area contributed by atoms with Gasteiger partial charge in [0.25, 0.3) is 0 Å². The van der Waals surface area contributed by atoms with Crippen molar-refractivity contribution in [3.05, 3.63) is 29.8 Å². The Morgan fingerprint density at radius 3 is 2.33 bits per heavy atom. The molecule has 0 bridgehead atoms. The lowest BCUT2D eigenvalue weighted by atomic mass is 9.83. The summed E-state index contributed by atoms with van der Waals surface area (Å²) in [5.41, 5.74) is 1.95. The second-order valence-electron chi connectivity index (χ2n) is 6.59. The molecule has 0 spiro atoms. The van der Waals surface area contributed by atoms with Gasteiger partial charge in [0.2, 0.25) is 5.91 Å². The summed E-state index contributed by atoms with van der Waals surface area (Å²) in [6, 6.07) is 8.24. The fraction of sp³-hybridized carbons (Fsp3) is 0.611. The maximum Gasteiger partial charge on any atom is 0.227 e. The molecule has 1 saturated heterocycles. The minimum Gasteiger partial charge on any atom is -0.388 e. The summed E-state index contributed by atoms with van der Waals surface area (Å²) >= 11 is 0. The number of rotatable bonds is 3. The Labute approximate surface area is 127 Å². The van der Waals surface area contributed by atoms with Gasteiger partial charge in [-0.05, 0) is 49.8 Å². The number of carbonyl (C=O) groups is 1. The Morgan fingerprint density at radius 2 is 1.76 bits per heavy atom. The van der Waals surface area contributed by atoms with Gasteiger partial charge in [0, 0.05) is 18.2 Å². The lowest BCUT2D eigenvalue weighted by Crippen LogP contribution is -2.30. The fourth-order valence-electron chi connectivity index (χ4n) is 3.78. The van der Waals surface area contributed by atoms with Gasteiger partial charge in [-0.1, -0.05) is 31.4 Å². The standard InChI is InChI=1S/C18H25NO2/c1-13-7-12-17(20)19(13)16-10-8-15(9-11-16)18(21)14-5-3-2-4-6-14/h8-11,13-14,18,21H,2-7,12H2,1H3/t13-,18?/m1/s1. The second kappa shape index (κ2) is 6.18. The molecule has 1 aliphatic carbocycles. The van der Waals surface area contributed by atoms with Crippen LogP contribution in [0.15, 0.2) is 24.3 Å². The molecule has 1 heterocycles. The number of hydrogen-bond donors (Lipinski definition) is 1. The van der Waals surface area contributed by atoms with Crippen molar-refractivity contribution < 1.29 is 9.90 Å². The van der Waals surface area contributed by atoms with E-state index in [4.69, 9.17) is 0 Å². The van der Waals surface area contributed by atoms with Crippen LogP contribution < -0.4 is 4.90 Å². The Morgan fingerprint density at radius 1 is 1.10 bits per heavy atom. The number of aliphatic hydroxyl groups excluding tert-OH is 1. The molecule has 1 aromatic rings. The van der Waals surface area contributed by atoms with Crippen LogP contribution in [0.2, 0.25) is 0 Å². The molecule has 2 fully saturated rings. The molecular weight excluding hydrogens is 262 g/mol. The zero-order valence-electron chi connectivity index (χ0n) is 12.8. The lowest BCUT2D eigenvalue weighted by Gasteiger charge is -2.27. The summed E-state index contributed by atoms with van der Waals surface area (Å²) in [6.07, 6.45) is 7.26. The van der Waals surface area contributed by atoms with E-state index >= 15 is 0 Å². The van der Waals surface area contributed by atoms with E-state index in [9.17, 15) is 9.90 Å². The van der Waals surface area contributed by atoms with E-state index in [2.05, 4.69) is 6.92 Å². The summed E-state index contributed by atoms with van der Waals surface area (Å²) < 4.78 is 0. The average molecular weight is 287 g/mol. The highest BCUT2D eigenvalue weighted by Gasteiger charge is 2.29. The second-order valence-corrected chi connectivity index (χ2v) is 6.59. The molecule has 21 heavy (non-hydrogen) atoms. The molecule has 3 rings (SSSR count). The number of benzene rings is 1. The molecule has 114 valence electrons. The van der Waals surface area contributed by atoms with Gasteiger partial charge in [0.15, 0.2) is 0 Å². The molecule has 1 aliphatic heterocycles. The van der Waals surface area contributed by atoms with Crippen molar-refractivity contribution in [2.75, 3.05) is 4.90 Å². The van der Waals surface area contributed by atoms with Crippen molar-refractivity contribution in [1.82, 2.24) is 0 Å². The maximum absolute atomic E-state index is 11.9. The zero-order chi connectivity index (χ0) is 14.8. The first-order chi connectivity index (χ1) is 10.2. The van der Waals surface area contributed by atoms with Crippen LogP contribution >= 0.6 is 0 Å². The van der Waals surface area contributed by atoms with Crippen LogP contribution in [0.25, 0.3) is 0 Å². The van der Waals surface area contributed by atoms with E-state index in [1.807, 2.05) is 29.2 Å². The first-order valence-corrected chi connectivity index (χ1v) is 8.27. The van der Waals surface area contributed by atoms with Crippen molar-refractivity contribution in [2.45, 2.75) is 64.0 Å². The van der Waals surface area contributed by atoms with E-state index in [1.54, 1.807) is 0 Å². The SMILES string of the molecule is C[C@@H]1CCC(=O)N1c1ccc(C(O)C2CCCCC2)cc1. The van der Waals surface area contributed by atoms with E-state index < -0.39 is 0 Å². The Kier molecular flexibility index (Phi) is 4.29. The predicted molar refractivity (Wildman–Crippen MR) is 84.2 cm³/mol. The van der Waals surface area contributed by atoms with Crippen molar-refractivity contribution in [3.8, 4) is 0 Å². The van der Waals surface area contributed by atoms with Crippen LogP contribution in [-0.4, -0.2) is 17.1 Å². The van der Waals surface area contributed by atoms with Crippen molar-refractivity contribution in [1.29, 1.82) is 0 Å². The first-order valence-electron chi connectivity index (χ1n) is 8.27. The molecule has 1 unspecified atom stereocenters. The van der Waals surface area contributed by atoms with Gasteiger partial charge in [0.1, 0.15) is 0 Å². The van der Waals surface area contributed by atoms with Crippen LogP contribution in [0, 0.1) is 5.92 Å². The van der Waals surface area contributed by atoms with Gasteiger partial charge in [0.05, 0.1) is 6.10 Å². The minimum absolute atomic E-state index is 0.211. The van der Waals surface area contributed by atoms with E-state index in [0.717, 1.165) is 30.5 Å². The number of hydrogen-bond acceptors (Lipinski definition) is 2. The van der Waals surface area contributed by atoms with Gasteiger partial charge in [-0.2, -0.15) is 0 Å². The molecule has 2 aliphatic rings. The van der Waals surface area contributed by atoms with Crippen LogP contribution in [0.3, 0.4) is 0 Å². The van der Waals surface area contributed by atoms with Gasteiger partial charge >= 0.3 is 0 Å². The molecule has 1 aromatic carbocycles. The molecule has 3 heteroatoms. The van der Waals surface area contributed by atoms with Gasteiger partial charge < -0.3 is 10.0 Å². The number of nitrogens with zero attached hydrogens (tertiary/aromatic N) is 1. The van der Waals surface area contributed by atoms with E-state index in [1.165, 1.54) is 19.3 Å². The minimum atomic E-state index is -0.356. The molecule has 0 aromatic heterocycles. The smallest absolute Gasteiger partial charge is 0.227 e. The molecule has 2 atom stereocenters. The van der Waals surface area contributed by atoms with Gasteiger partial charge in [-0.3, -0.25) is 4.79 Å². The molecular formula is C18H25NO2. The summed E-state index contributed by atoms with van der Waals surface area (Å²) in [7, 11) is 0. The van der Waals surface area contributed by atoms with Crippen LogP contribution in [-0.2, 0) is 4.79 Å². The number of aliphatic hydroxyl groups is 1. The number of anilines is 1. The van der Waals surface area contributed by atoms with Crippen molar-refractivity contribution >= 4 is 11.6 Å². The topological polar surface area (TPSA) is 40.5 Å².